The number of nitrogens with one attached hydrogen (secondary N) is 3. The SMILES string of the molecule is CC[C@H]1CCc2sc(C(=O)NNS(=O)(=O)c3ccc(C(=O)NCC(F)(F)F)cc3)cc2C1. The van der Waals surface area contributed by atoms with E-state index < -0.39 is 34.6 Å². The summed E-state index contributed by atoms with van der Waals surface area (Å²) in [6, 6.07) is 6.08. The number of benzene rings is 1. The van der Waals surface area contributed by atoms with Crippen molar-refractivity contribution in [1.82, 2.24) is 15.6 Å². The fraction of sp³-hybridized carbons (Fsp3) is 0.400. The zero-order valence-electron chi connectivity index (χ0n) is 17.1. The monoisotopic (exact) mass is 489 g/mol. The molecule has 0 radical (unpaired) electrons. The molecule has 0 spiro atoms. The van der Waals surface area contributed by atoms with Crippen LogP contribution in [0.1, 0.15) is 50.2 Å². The highest BCUT2D eigenvalue weighted by Gasteiger charge is 2.28. The molecule has 1 aliphatic carbocycles. The molecule has 3 N–H and O–H groups in total. The van der Waals surface area contributed by atoms with Crippen LogP contribution < -0.4 is 15.6 Å². The zero-order chi connectivity index (χ0) is 23.5. The van der Waals surface area contributed by atoms with Gasteiger partial charge in [0, 0.05) is 10.4 Å². The second-order valence-corrected chi connectivity index (χ2v) is 10.3. The number of hydrazine groups is 1. The molecule has 0 aliphatic heterocycles. The fourth-order valence-electron chi connectivity index (χ4n) is 3.36. The first kappa shape index (κ1) is 24.2. The summed E-state index contributed by atoms with van der Waals surface area (Å²) in [7, 11) is -4.15. The van der Waals surface area contributed by atoms with Gasteiger partial charge in [-0.05, 0) is 61.1 Å². The Morgan fingerprint density at radius 1 is 1.16 bits per heavy atom. The lowest BCUT2D eigenvalue weighted by atomic mass is 9.87. The average molecular weight is 490 g/mol. The molecule has 12 heteroatoms. The van der Waals surface area contributed by atoms with Crippen LogP contribution in [0.3, 0.4) is 0 Å². The molecular weight excluding hydrogens is 467 g/mol. The van der Waals surface area contributed by atoms with Crippen LogP contribution in [-0.4, -0.2) is 33.0 Å². The second kappa shape index (κ2) is 9.59. The van der Waals surface area contributed by atoms with Gasteiger partial charge in [-0.25, -0.2) is 8.42 Å². The Morgan fingerprint density at radius 2 is 1.84 bits per heavy atom. The van der Waals surface area contributed by atoms with E-state index in [1.807, 2.05) is 4.83 Å². The number of thiophene rings is 1. The third kappa shape index (κ3) is 6.08. The van der Waals surface area contributed by atoms with Crippen LogP contribution in [0.4, 0.5) is 13.2 Å². The lowest BCUT2D eigenvalue weighted by Crippen LogP contribution is -2.41. The Bertz CT molecular complexity index is 1100. The average Bonchev–Trinajstić information content (AvgIpc) is 3.18. The van der Waals surface area contributed by atoms with E-state index in [1.165, 1.54) is 11.3 Å². The van der Waals surface area contributed by atoms with Crippen molar-refractivity contribution in [2.45, 2.75) is 43.7 Å². The smallest absolute Gasteiger partial charge is 0.343 e. The van der Waals surface area contributed by atoms with Crippen molar-refractivity contribution in [3.63, 3.8) is 0 Å². The molecule has 0 unspecified atom stereocenters. The molecule has 174 valence electrons. The minimum Gasteiger partial charge on any atom is -0.343 e. The topological polar surface area (TPSA) is 104 Å². The number of sulfonamides is 1. The minimum absolute atomic E-state index is 0.133. The molecule has 0 saturated heterocycles. The van der Waals surface area contributed by atoms with Crippen molar-refractivity contribution in [3.05, 3.63) is 51.2 Å². The molecule has 2 aromatic rings. The third-order valence-electron chi connectivity index (χ3n) is 5.16. The lowest BCUT2D eigenvalue weighted by Gasteiger charge is -2.19. The molecule has 32 heavy (non-hydrogen) atoms. The minimum atomic E-state index is -4.55. The Kier molecular flexibility index (Phi) is 7.25. The van der Waals surface area contributed by atoms with Crippen LogP contribution in [-0.2, 0) is 22.9 Å². The molecule has 0 fully saturated rings. The number of carbonyl (C=O) groups excluding carboxylic acids is 2. The summed E-state index contributed by atoms with van der Waals surface area (Å²) in [6.07, 6.45) is -0.605. The van der Waals surface area contributed by atoms with Gasteiger partial charge >= 0.3 is 6.18 Å². The molecule has 1 aromatic heterocycles. The number of carbonyl (C=O) groups is 2. The molecule has 3 rings (SSSR count). The van der Waals surface area contributed by atoms with E-state index in [0.717, 1.165) is 60.4 Å². The quantitative estimate of drug-likeness (QED) is 0.520. The van der Waals surface area contributed by atoms with E-state index in [1.54, 1.807) is 11.4 Å². The van der Waals surface area contributed by atoms with E-state index in [9.17, 15) is 31.2 Å². The summed E-state index contributed by atoms with van der Waals surface area (Å²) in [5.41, 5.74) is 3.17. The Morgan fingerprint density at radius 3 is 2.47 bits per heavy atom. The number of aryl methyl sites for hydroxylation is 1. The van der Waals surface area contributed by atoms with Crippen LogP contribution in [0.15, 0.2) is 35.2 Å². The van der Waals surface area contributed by atoms with Gasteiger partial charge < -0.3 is 5.32 Å². The molecular formula is C20H22F3N3O4S2. The van der Waals surface area contributed by atoms with Crippen molar-refractivity contribution in [3.8, 4) is 0 Å². The highest BCUT2D eigenvalue weighted by Crippen LogP contribution is 2.33. The highest BCUT2D eigenvalue weighted by atomic mass is 32.2. The number of fused-ring (bicyclic) bond motifs is 1. The highest BCUT2D eigenvalue weighted by molar-refractivity contribution is 7.89. The standard InChI is InChI=1S/C20H22F3N3O4S2/c1-2-12-3-8-16-14(9-12)10-17(31-16)19(28)25-26-32(29,30)15-6-4-13(5-7-15)18(27)24-11-20(21,22)23/h4-7,10,12,26H,2-3,8-9,11H2,1H3,(H,24,27)(H,25,28)/t12-/m0/s1. The molecule has 1 aliphatic rings. The van der Waals surface area contributed by atoms with Crippen molar-refractivity contribution in [2.24, 2.45) is 5.92 Å². The first-order valence-corrected chi connectivity index (χ1v) is 12.2. The lowest BCUT2D eigenvalue weighted by molar-refractivity contribution is -0.123. The maximum absolute atomic E-state index is 12.4. The predicted octanol–water partition coefficient (Wildman–Crippen LogP) is 3.18. The van der Waals surface area contributed by atoms with Crippen molar-refractivity contribution in [2.75, 3.05) is 6.54 Å². The number of rotatable bonds is 7. The first-order chi connectivity index (χ1) is 15.0. The van der Waals surface area contributed by atoms with Crippen LogP contribution in [0.5, 0.6) is 0 Å². The second-order valence-electron chi connectivity index (χ2n) is 7.46. The van der Waals surface area contributed by atoms with Crippen molar-refractivity contribution in [1.29, 1.82) is 0 Å². The summed E-state index contributed by atoms with van der Waals surface area (Å²) in [5.74, 6) is -0.978. The van der Waals surface area contributed by atoms with Crippen LogP contribution in [0, 0.1) is 5.92 Å². The van der Waals surface area contributed by atoms with E-state index >= 15 is 0 Å². The summed E-state index contributed by atoms with van der Waals surface area (Å²) in [5, 5.41) is 1.70. The molecule has 0 bridgehead atoms. The third-order valence-corrected chi connectivity index (χ3v) is 7.66. The number of halogens is 3. The van der Waals surface area contributed by atoms with Gasteiger partial charge in [0.05, 0.1) is 9.77 Å². The van der Waals surface area contributed by atoms with E-state index in [0.29, 0.717) is 10.8 Å². The van der Waals surface area contributed by atoms with Gasteiger partial charge in [-0.1, -0.05) is 13.3 Å². The van der Waals surface area contributed by atoms with Crippen molar-refractivity contribution < 1.29 is 31.2 Å². The first-order valence-electron chi connectivity index (χ1n) is 9.87. The van der Waals surface area contributed by atoms with Crippen LogP contribution in [0.25, 0.3) is 0 Å². The predicted molar refractivity (Wildman–Crippen MR) is 113 cm³/mol. The van der Waals surface area contributed by atoms with Gasteiger partial charge in [-0.2, -0.15) is 13.2 Å². The van der Waals surface area contributed by atoms with E-state index in [2.05, 4.69) is 12.3 Å². The molecule has 2 amide bonds. The number of amides is 2. The van der Waals surface area contributed by atoms with Gasteiger partial charge in [0.2, 0.25) is 0 Å². The Balaban J connectivity index is 1.60. The van der Waals surface area contributed by atoms with Gasteiger partial charge in [0.15, 0.2) is 0 Å². The maximum Gasteiger partial charge on any atom is 0.405 e. The summed E-state index contributed by atoms with van der Waals surface area (Å²) in [6.45, 7) is 0.636. The molecule has 1 heterocycles. The summed E-state index contributed by atoms with van der Waals surface area (Å²) in [4.78, 5) is 27.4. The Hall–Kier alpha value is -2.44. The van der Waals surface area contributed by atoms with Gasteiger partial charge in [-0.3, -0.25) is 15.0 Å². The molecule has 7 nitrogen and oxygen atoms in total. The van der Waals surface area contributed by atoms with Gasteiger partial charge in [-0.15, -0.1) is 16.2 Å². The van der Waals surface area contributed by atoms with Crippen LogP contribution >= 0.6 is 11.3 Å². The summed E-state index contributed by atoms with van der Waals surface area (Å²) >= 11 is 1.34. The molecule has 1 aromatic carbocycles. The number of hydrogen-bond donors (Lipinski definition) is 3. The zero-order valence-corrected chi connectivity index (χ0v) is 18.7. The number of hydrogen-bond acceptors (Lipinski definition) is 5. The van der Waals surface area contributed by atoms with Crippen LogP contribution in [0.2, 0.25) is 0 Å². The normalized spacial score (nSPS) is 16.3. The molecule has 0 saturated carbocycles. The van der Waals surface area contributed by atoms with E-state index in [4.69, 9.17) is 0 Å². The van der Waals surface area contributed by atoms with Gasteiger partial charge in [0.25, 0.3) is 21.8 Å². The van der Waals surface area contributed by atoms with Crippen molar-refractivity contribution >= 4 is 33.2 Å². The Labute approximate surface area is 187 Å². The van der Waals surface area contributed by atoms with E-state index in [-0.39, 0.29) is 10.5 Å². The largest absolute Gasteiger partial charge is 0.405 e. The fourth-order valence-corrected chi connectivity index (χ4v) is 5.30. The molecule has 1 atom stereocenters. The maximum atomic E-state index is 12.4. The summed E-state index contributed by atoms with van der Waals surface area (Å²) < 4.78 is 61.4. The van der Waals surface area contributed by atoms with Gasteiger partial charge in [0.1, 0.15) is 6.54 Å². The number of alkyl halides is 3.